The number of hydrogen-bond donors (Lipinski definition) is 2. The quantitative estimate of drug-likeness (QED) is 0.535. The van der Waals surface area contributed by atoms with Gasteiger partial charge in [-0.05, 0) is 21.0 Å². The van der Waals surface area contributed by atoms with E-state index < -0.39 is 5.97 Å². The van der Waals surface area contributed by atoms with Crippen LogP contribution < -0.4 is 0 Å². The van der Waals surface area contributed by atoms with E-state index in [9.17, 15) is 0 Å². The Kier molecular flexibility index (Phi) is 3.24. The molecule has 0 amide bonds. The average molecular weight is 149 g/mol. The predicted octanol–water partition coefficient (Wildman–Crippen LogP) is -0.431. The van der Waals surface area contributed by atoms with Gasteiger partial charge in [0.1, 0.15) is 6.23 Å². The molecule has 0 aromatic carbocycles. The van der Waals surface area contributed by atoms with Crippen LogP contribution in [0.15, 0.2) is 0 Å². The Hall–Kier alpha value is -0.160. The summed E-state index contributed by atoms with van der Waals surface area (Å²) in [6.07, 6.45) is -0.306. The summed E-state index contributed by atoms with van der Waals surface area (Å²) in [7, 11) is 3.58. The molecular weight excluding hydrogens is 134 g/mol. The van der Waals surface area contributed by atoms with Gasteiger partial charge in [-0.3, -0.25) is 4.90 Å². The van der Waals surface area contributed by atoms with Gasteiger partial charge in [-0.1, -0.05) is 0 Å². The van der Waals surface area contributed by atoms with Crippen LogP contribution in [0.1, 0.15) is 13.8 Å². The summed E-state index contributed by atoms with van der Waals surface area (Å²) in [4.78, 5) is 1.73. The second-order valence-electron chi connectivity index (χ2n) is 2.61. The van der Waals surface area contributed by atoms with Crippen molar-refractivity contribution in [1.29, 1.82) is 0 Å². The smallest absolute Gasteiger partial charge is 0.276 e. The van der Waals surface area contributed by atoms with Crippen molar-refractivity contribution in [2.24, 2.45) is 0 Å². The maximum Gasteiger partial charge on any atom is 0.276 e. The third kappa shape index (κ3) is 4.69. The monoisotopic (exact) mass is 149 g/mol. The van der Waals surface area contributed by atoms with Crippen LogP contribution in [0.4, 0.5) is 0 Å². The lowest BCUT2D eigenvalue weighted by molar-refractivity contribution is -0.353. The van der Waals surface area contributed by atoms with E-state index in [2.05, 4.69) is 0 Å². The van der Waals surface area contributed by atoms with Crippen LogP contribution in [0, 0.1) is 0 Å². The van der Waals surface area contributed by atoms with E-state index >= 15 is 0 Å². The topological polar surface area (TPSA) is 52.9 Å². The van der Waals surface area contributed by atoms with E-state index in [-0.39, 0.29) is 6.23 Å². The lowest BCUT2D eigenvalue weighted by Crippen LogP contribution is -2.38. The van der Waals surface area contributed by atoms with Crippen molar-refractivity contribution in [2.45, 2.75) is 26.0 Å². The highest BCUT2D eigenvalue weighted by atomic mass is 16.8. The first-order valence-corrected chi connectivity index (χ1v) is 3.12. The Balaban J connectivity index is 3.68. The molecule has 0 aromatic heterocycles. The highest BCUT2D eigenvalue weighted by molar-refractivity contribution is 4.47. The highest BCUT2D eigenvalue weighted by Gasteiger charge is 2.20. The molecule has 0 fully saturated rings. The lowest BCUT2D eigenvalue weighted by atomic mass is 10.5. The minimum atomic E-state index is -2.04. The molecular formula is C6H15NO3. The maximum absolute atomic E-state index is 8.74. The van der Waals surface area contributed by atoms with E-state index in [0.29, 0.717) is 0 Å². The van der Waals surface area contributed by atoms with Gasteiger partial charge in [-0.25, -0.2) is 0 Å². The minimum absolute atomic E-state index is 0.306. The van der Waals surface area contributed by atoms with Crippen molar-refractivity contribution in [1.82, 2.24) is 4.90 Å². The number of aliphatic hydroxyl groups is 2. The number of hydrogen-bond acceptors (Lipinski definition) is 4. The molecule has 0 bridgehead atoms. The molecule has 0 radical (unpaired) electrons. The zero-order chi connectivity index (χ0) is 8.36. The Morgan fingerprint density at radius 3 is 1.90 bits per heavy atom. The Morgan fingerprint density at radius 2 is 1.80 bits per heavy atom. The minimum Gasteiger partial charge on any atom is -0.344 e. The average Bonchev–Trinajstić information content (AvgIpc) is 1.60. The Labute approximate surface area is 61.0 Å². The molecule has 0 spiro atoms. The van der Waals surface area contributed by atoms with Crippen molar-refractivity contribution in [3.05, 3.63) is 0 Å². The maximum atomic E-state index is 8.74. The molecule has 2 N–H and O–H groups in total. The van der Waals surface area contributed by atoms with Crippen LogP contribution in [-0.4, -0.2) is 41.4 Å². The van der Waals surface area contributed by atoms with E-state index in [1.54, 1.807) is 25.9 Å². The summed E-state index contributed by atoms with van der Waals surface area (Å²) in [5, 5.41) is 17.5. The summed E-state index contributed by atoms with van der Waals surface area (Å²) < 4.78 is 4.74. The van der Waals surface area contributed by atoms with Gasteiger partial charge >= 0.3 is 0 Å². The molecule has 1 atom stereocenters. The molecule has 0 aliphatic rings. The summed E-state index contributed by atoms with van der Waals surface area (Å²) in [6, 6.07) is 0. The van der Waals surface area contributed by atoms with Crippen molar-refractivity contribution < 1.29 is 14.9 Å². The molecule has 0 rings (SSSR count). The van der Waals surface area contributed by atoms with Crippen LogP contribution in [0.2, 0.25) is 0 Å². The number of ether oxygens (including phenoxy) is 1. The summed E-state index contributed by atoms with van der Waals surface area (Å²) in [5.41, 5.74) is 0. The zero-order valence-corrected chi connectivity index (χ0v) is 6.83. The third-order valence-electron chi connectivity index (χ3n) is 1.12. The fourth-order valence-electron chi connectivity index (χ4n) is 0.429. The summed E-state index contributed by atoms with van der Waals surface area (Å²) >= 11 is 0. The summed E-state index contributed by atoms with van der Waals surface area (Å²) in [6.45, 7) is 2.90. The van der Waals surface area contributed by atoms with Gasteiger partial charge in [0, 0.05) is 6.92 Å². The van der Waals surface area contributed by atoms with Gasteiger partial charge in [0.05, 0.1) is 0 Å². The molecule has 0 saturated carbocycles. The number of rotatable bonds is 3. The van der Waals surface area contributed by atoms with Crippen molar-refractivity contribution >= 4 is 0 Å². The van der Waals surface area contributed by atoms with Gasteiger partial charge < -0.3 is 14.9 Å². The first-order valence-electron chi connectivity index (χ1n) is 3.12. The number of nitrogens with zero attached hydrogens (tertiary/aromatic N) is 1. The van der Waals surface area contributed by atoms with E-state index in [1.165, 1.54) is 6.92 Å². The van der Waals surface area contributed by atoms with Crippen LogP contribution in [0.3, 0.4) is 0 Å². The zero-order valence-electron chi connectivity index (χ0n) is 6.83. The lowest BCUT2D eigenvalue weighted by Gasteiger charge is -2.26. The normalized spacial score (nSPS) is 15.9. The van der Waals surface area contributed by atoms with Gasteiger partial charge in [-0.2, -0.15) is 0 Å². The predicted molar refractivity (Wildman–Crippen MR) is 37.1 cm³/mol. The second kappa shape index (κ2) is 3.30. The molecule has 10 heavy (non-hydrogen) atoms. The largest absolute Gasteiger partial charge is 0.344 e. The van der Waals surface area contributed by atoms with Crippen molar-refractivity contribution in [2.75, 3.05) is 14.1 Å². The van der Waals surface area contributed by atoms with Crippen LogP contribution >= 0.6 is 0 Å². The van der Waals surface area contributed by atoms with Crippen LogP contribution in [0.25, 0.3) is 0 Å². The fraction of sp³-hybridized carbons (Fsp3) is 1.00. The second-order valence-corrected chi connectivity index (χ2v) is 2.61. The Bertz CT molecular complexity index is 97.7. The van der Waals surface area contributed by atoms with Crippen molar-refractivity contribution in [3.63, 3.8) is 0 Å². The summed E-state index contributed by atoms with van der Waals surface area (Å²) in [5.74, 6) is -2.04. The van der Waals surface area contributed by atoms with Gasteiger partial charge in [0.15, 0.2) is 0 Å². The molecule has 1 unspecified atom stereocenters. The first kappa shape index (κ1) is 9.84. The molecule has 0 aliphatic carbocycles. The fourth-order valence-corrected chi connectivity index (χ4v) is 0.429. The van der Waals surface area contributed by atoms with Gasteiger partial charge in [0.25, 0.3) is 5.97 Å². The molecule has 0 saturated heterocycles. The van der Waals surface area contributed by atoms with Crippen LogP contribution in [0.5, 0.6) is 0 Å². The SMILES string of the molecule is CC(OC(C)(O)O)N(C)C. The van der Waals surface area contributed by atoms with E-state index in [0.717, 1.165) is 0 Å². The third-order valence-corrected chi connectivity index (χ3v) is 1.12. The molecule has 0 aromatic rings. The van der Waals surface area contributed by atoms with Crippen LogP contribution in [-0.2, 0) is 4.74 Å². The van der Waals surface area contributed by atoms with Crippen molar-refractivity contribution in [3.8, 4) is 0 Å². The molecule has 0 aliphatic heterocycles. The van der Waals surface area contributed by atoms with Gasteiger partial charge in [0.2, 0.25) is 0 Å². The first-order chi connectivity index (χ1) is 4.33. The van der Waals surface area contributed by atoms with Gasteiger partial charge in [-0.15, -0.1) is 0 Å². The van der Waals surface area contributed by atoms with E-state index in [1.807, 2.05) is 0 Å². The molecule has 62 valence electrons. The molecule has 4 heteroatoms. The van der Waals surface area contributed by atoms with E-state index in [4.69, 9.17) is 14.9 Å². The standard InChI is InChI=1S/C6H15NO3/c1-5(7(3)4)10-6(2,8)9/h5,8-9H,1-4H3. The highest BCUT2D eigenvalue weighted by Crippen LogP contribution is 2.05. The molecule has 0 heterocycles. The Morgan fingerprint density at radius 1 is 1.40 bits per heavy atom. The molecule has 4 nitrogen and oxygen atoms in total.